The first kappa shape index (κ1) is 17.5. The Balaban J connectivity index is 1.71. The van der Waals surface area contributed by atoms with E-state index < -0.39 is 11.7 Å². The van der Waals surface area contributed by atoms with Crippen molar-refractivity contribution in [2.75, 3.05) is 31.5 Å². The number of benzene rings is 1. The lowest BCUT2D eigenvalue weighted by Gasteiger charge is -2.32. The topological polar surface area (TPSA) is 82.6 Å². The zero-order valence-corrected chi connectivity index (χ0v) is 13.9. The van der Waals surface area contributed by atoms with E-state index in [0.717, 1.165) is 6.41 Å². The number of amides is 3. The molecule has 134 valence electrons. The van der Waals surface area contributed by atoms with Gasteiger partial charge in [-0.15, -0.1) is 0 Å². The van der Waals surface area contributed by atoms with Crippen LogP contribution in [0.25, 0.3) is 0 Å². The van der Waals surface area contributed by atoms with Crippen LogP contribution in [-0.2, 0) is 4.79 Å². The van der Waals surface area contributed by atoms with Crippen molar-refractivity contribution in [3.05, 3.63) is 59.7 Å². The fourth-order valence-corrected chi connectivity index (χ4v) is 2.62. The molecule has 3 amide bonds. The molecule has 1 saturated heterocycles. The van der Waals surface area contributed by atoms with Crippen molar-refractivity contribution in [3.63, 3.8) is 0 Å². The summed E-state index contributed by atoms with van der Waals surface area (Å²) in [7, 11) is 0. The number of nitrogens with zero attached hydrogens (tertiary/aromatic N) is 3. The zero-order chi connectivity index (χ0) is 18.5. The maximum absolute atomic E-state index is 13.7. The van der Waals surface area contributed by atoms with E-state index in [0.29, 0.717) is 26.2 Å². The largest absolute Gasteiger partial charge is 0.342 e. The lowest BCUT2D eigenvalue weighted by molar-refractivity contribution is -0.119. The fraction of sp³-hybridized carbons (Fsp3) is 0.222. The number of halogens is 1. The number of carbonyl (C=O) groups is 3. The second-order valence-electron chi connectivity index (χ2n) is 5.78. The Labute approximate surface area is 149 Å². The summed E-state index contributed by atoms with van der Waals surface area (Å²) < 4.78 is 13.7. The minimum Gasteiger partial charge on any atom is -0.342 e. The Bertz CT molecular complexity index is 835. The van der Waals surface area contributed by atoms with E-state index in [4.69, 9.17) is 0 Å². The molecule has 1 aliphatic heterocycles. The molecule has 1 N–H and O–H groups in total. The molecular weight excluding hydrogens is 339 g/mol. The average Bonchev–Trinajstić information content (AvgIpc) is 2.69. The number of anilines is 1. The molecule has 1 aromatic carbocycles. The molecule has 3 rings (SSSR count). The van der Waals surface area contributed by atoms with E-state index >= 15 is 0 Å². The number of nitrogens with one attached hydrogen (secondary N) is 1. The normalized spacial score (nSPS) is 14.0. The van der Waals surface area contributed by atoms with Gasteiger partial charge in [-0.25, -0.2) is 9.37 Å². The van der Waals surface area contributed by atoms with Crippen molar-refractivity contribution in [3.8, 4) is 0 Å². The van der Waals surface area contributed by atoms with Crippen molar-refractivity contribution in [2.45, 2.75) is 0 Å². The van der Waals surface area contributed by atoms with Crippen LogP contribution in [-0.4, -0.2) is 59.2 Å². The zero-order valence-electron chi connectivity index (χ0n) is 13.9. The van der Waals surface area contributed by atoms with E-state index in [9.17, 15) is 18.8 Å². The van der Waals surface area contributed by atoms with Crippen LogP contribution < -0.4 is 5.32 Å². The minimum atomic E-state index is -0.601. The van der Waals surface area contributed by atoms with Crippen LogP contribution in [0.2, 0.25) is 0 Å². The molecule has 0 saturated carbocycles. The molecule has 2 heterocycles. The van der Waals surface area contributed by atoms with E-state index in [-0.39, 0.29) is 23.0 Å². The van der Waals surface area contributed by atoms with Gasteiger partial charge >= 0.3 is 0 Å². The molecule has 0 unspecified atom stereocenters. The lowest BCUT2D eigenvalue weighted by Crippen LogP contribution is -2.48. The predicted octanol–water partition coefficient (Wildman–Crippen LogP) is 1.39. The van der Waals surface area contributed by atoms with Crippen molar-refractivity contribution in [2.24, 2.45) is 0 Å². The van der Waals surface area contributed by atoms with Crippen LogP contribution in [0, 0.1) is 5.82 Å². The van der Waals surface area contributed by atoms with E-state index in [1.807, 2.05) is 0 Å². The predicted molar refractivity (Wildman–Crippen MR) is 92.1 cm³/mol. The van der Waals surface area contributed by atoms with Gasteiger partial charge < -0.3 is 15.1 Å². The summed E-state index contributed by atoms with van der Waals surface area (Å²) in [5.41, 5.74) is 0.192. The number of hydrogen-bond donors (Lipinski definition) is 1. The summed E-state index contributed by atoms with van der Waals surface area (Å²) in [5, 5.41) is 2.44. The molecule has 1 aliphatic rings. The quantitative estimate of drug-likeness (QED) is 0.839. The van der Waals surface area contributed by atoms with Crippen LogP contribution in [0.15, 0.2) is 42.5 Å². The fourth-order valence-electron chi connectivity index (χ4n) is 2.62. The van der Waals surface area contributed by atoms with Crippen LogP contribution in [0.5, 0.6) is 0 Å². The molecule has 7 nitrogen and oxygen atoms in total. The molecule has 1 aromatic heterocycles. The number of aromatic nitrogens is 1. The van der Waals surface area contributed by atoms with Crippen molar-refractivity contribution < 1.29 is 18.8 Å². The van der Waals surface area contributed by atoms with Crippen LogP contribution in [0.3, 0.4) is 0 Å². The number of rotatable bonds is 4. The summed E-state index contributed by atoms with van der Waals surface area (Å²) in [6.45, 7) is 1.74. The summed E-state index contributed by atoms with van der Waals surface area (Å²) in [6.07, 6.45) is 0.758. The summed E-state index contributed by atoms with van der Waals surface area (Å²) in [5.74, 6) is -1.47. The first-order chi connectivity index (χ1) is 12.6. The second-order valence-corrected chi connectivity index (χ2v) is 5.78. The first-order valence-corrected chi connectivity index (χ1v) is 8.10. The van der Waals surface area contributed by atoms with Gasteiger partial charge in [-0.3, -0.25) is 14.4 Å². The Hall–Kier alpha value is -3.29. The third-order valence-corrected chi connectivity index (χ3v) is 4.07. The van der Waals surface area contributed by atoms with Gasteiger partial charge in [0.2, 0.25) is 6.41 Å². The number of pyridine rings is 1. The average molecular weight is 356 g/mol. The van der Waals surface area contributed by atoms with Crippen molar-refractivity contribution in [1.29, 1.82) is 0 Å². The van der Waals surface area contributed by atoms with E-state index in [1.165, 1.54) is 30.3 Å². The summed E-state index contributed by atoms with van der Waals surface area (Å²) in [6, 6.07) is 10.3. The van der Waals surface area contributed by atoms with Gasteiger partial charge in [0, 0.05) is 26.2 Å². The number of carbonyl (C=O) groups excluding carboxylic acids is 3. The highest BCUT2D eigenvalue weighted by atomic mass is 19.1. The first-order valence-electron chi connectivity index (χ1n) is 8.10. The highest BCUT2D eigenvalue weighted by Crippen LogP contribution is 2.14. The lowest BCUT2D eigenvalue weighted by atomic mass is 10.2. The third kappa shape index (κ3) is 3.85. The maximum Gasteiger partial charge on any atom is 0.274 e. The highest BCUT2D eigenvalue weighted by molar-refractivity contribution is 6.03. The smallest absolute Gasteiger partial charge is 0.274 e. The van der Waals surface area contributed by atoms with Gasteiger partial charge in [0.05, 0.1) is 5.69 Å². The monoisotopic (exact) mass is 356 g/mol. The van der Waals surface area contributed by atoms with Gasteiger partial charge in [-0.1, -0.05) is 18.2 Å². The summed E-state index contributed by atoms with van der Waals surface area (Å²) in [4.78, 5) is 42.9. The van der Waals surface area contributed by atoms with Gasteiger partial charge in [0.25, 0.3) is 11.8 Å². The number of piperazine rings is 1. The highest BCUT2D eigenvalue weighted by Gasteiger charge is 2.23. The Morgan fingerprint density at radius 2 is 1.69 bits per heavy atom. The van der Waals surface area contributed by atoms with Crippen LogP contribution >= 0.6 is 0 Å². The van der Waals surface area contributed by atoms with Gasteiger partial charge in [0.15, 0.2) is 0 Å². The Kier molecular flexibility index (Phi) is 5.21. The molecule has 26 heavy (non-hydrogen) atoms. The van der Waals surface area contributed by atoms with Crippen LogP contribution in [0.4, 0.5) is 10.1 Å². The van der Waals surface area contributed by atoms with Gasteiger partial charge in [0.1, 0.15) is 17.2 Å². The SMILES string of the molecule is O=CN1CCN(C(=O)c2cccc(C(=O)Nc3ccccc3F)n2)CC1. The molecule has 2 aromatic rings. The molecule has 1 fully saturated rings. The Morgan fingerprint density at radius 1 is 1.00 bits per heavy atom. The maximum atomic E-state index is 13.7. The van der Waals surface area contributed by atoms with Gasteiger partial charge in [-0.05, 0) is 24.3 Å². The molecule has 0 radical (unpaired) electrons. The molecule has 0 bridgehead atoms. The van der Waals surface area contributed by atoms with Crippen molar-refractivity contribution in [1.82, 2.24) is 14.8 Å². The molecular formula is C18H17FN4O3. The minimum absolute atomic E-state index is 0.0191. The van der Waals surface area contributed by atoms with Gasteiger partial charge in [-0.2, -0.15) is 0 Å². The summed E-state index contributed by atoms with van der Waals surface area (Å²) >= 11 is 0. The second kappa shape index (κ2) is 7.73. The molecule has 0 atom stereocenters. The molecule has 8 heteroatoms. The molecule has 0 spiro atoms. The van der Waals surface area contributed by atoms with Crippen molar-refractivity contribution >= 4 is 23.9 Å². The van der Waals surface area contributed by atoms with E-state index in [2.05, 4.69) is 10.3 Å². The van der Waals surface area contributed by atoms with Crippen LogP contribution in [0.1, 0.15) is 21.0 Å². The standard InChI is InChI=1S/C18H17FN4O3/c19-13-4-1-2-5-14(13)21-17(25)15-6-3-7-16(20-15)18(26)23-10-8-22(12-24)9-11-23/h1-7,12H,8-11H2,(H,21,25). The third-order valence-electron chi connectivity index (χ3n) is 4.07. The van der Waals surface area contributed by atoms with E-state index in [1.54, 1.807) is 21.9 Å². The molecule has 0 aliphatic carbocycles. The Morgan fingerprint density at radius 3 is 2.38 bits per heavy atom. The number of hydrogen-bond acceptors (Lipinski definition) is 4. The number of para-hydroxylation sites is 1.